The third kappa shape index (κ3) is 3.73. The molecule has 0 N–H and O–H groups in total. The molecule has 0 saturated carbocycles. The van der Waals surface area contributed by atoms with Crippen molar-refractivity contribution in [1.29, 1.82) is 0 Å². The summed E-state index contributed by atoms with van der Waals surface area (Å²) in [5.41, 5.74) is 1.18. The molecule has 1 aliphatic heterocycles. The highest BCUT2D eigenvalue weighted by Gasteiger charge is 2.28. The van der Waals surface area contributed by atoms with E-state index in [4.69, 9.17) is 0 Å². The molecule has 0 radical (unpaired) electrons. The minimum atomic E-state index is -3.18. The van der Waals surface area contributed by atoms with E-state index in [1.165, 1.54) is 21.6 Å². The van der Waals surface area contributed by atoms with Crippen LogP contribution in [0.25, 0.3) is 0 Å². The van der Waals surface area contributed by atoms with Crippen LogP contribution in [0.3, 0.4) is 0 Å². The standard InChI is InChI=1S/C13H18N2O2S2/c1-2-10-19(16,17)15-9-8-14-13(15)18-11-12-6-4-3-5-7-12/h3-7H,2,8-11H2,1H3. The molecular weight excluding hydrogens is 280 g/mol. The number of hydrogen-bond donors (Lipinski definition) is 0. The number of rotatable bonds is 5. The van der Waals surface area contributed by atoms with E-state index in [-0.39, 0.29) is 5.75 Å². The van der Waals surface area contributed by atoms with Gasteiger partial charge in [-0.25, -0.2) is 12.7 Å². The van der Waals surface area contributed by atoms with E-state index < -0.39 is 10.0 Å². The minimum absolute atomic E-state index is 0.192. The van der Waals surface area contributed by atoms with Gasteiger partial charge in [-0.2, -0.15) is 0 Å². The number of hydrogen-bond acceptors (Lipinski definition) is 4. The first-order valence-electron chi connectivity index (χ1n) is 6.35. The third-order valence-electron chi connectivity index (χ3n) is 2.77. The quantitative estimate of drug-likeness (QED) is 0.838. The Morgan fingerprint density at radius 2 is 2.05 bits per heavy atom. The Morgan fingerprint density at radius 1 is 1.32 bits per heavy atom. The molecule has 1 aliphatic rings. The second-order valence-corrected chi connectivity index (χ2v) is 7.28. The zero-order valence-electron chi connectivity index (χ0n) is 10.9. The molecule has 0 spiro atoms. The van der Waals surface area contributed by atoms with Gasteiger partial charge in [0.05, 0.1) is 18.8 Å². The first-order chi connectivity index (χ1) is 9.13. The molecule has 0 saturated heterocycles. The molecule has 0 unspecified atom stereocenters. The first-order valence-corrected chi connectivity index (χ1v) is 8.94. The summed E-state index contributed by atoms with van der Waals surface area (Å²) < 4.78 is 25.6. The van der Waals surface area contributed by atoms with Gasteiger partial charge in [-0.3, -0.25) is 4.99 Å². The highest BCUT2D eigenvalue weighted by atomic mass is 32.2. The van der Waals surface area contributed by atoms with Crippen molar-refractivity contribution in [3.05, 3.63) is 35.9 Å². The number of aliphatic imine (C=N–C) groups is 1. The summed E-state index contributed by atoms with van der Waals surface area (Å²) >= 11 is 1.49. The molecule has 4 nitrogen and oxygen atoms in total. The van der Waals surface area contributed by atoms with Crippen LogP contribution in [-0.2, 0) is 15.8 Å². The summed E-state index contributed by atoms with van der Waals surface area (Å²) in [6.07, 6.45) is 0.634. The Kier molecular flexibility index (Phi) is 4.87. The average Bonchev–Trinajstić information content (AvgIpc) is 2.87. The van der Waals surface area contributed by atoms with Gasteiger partial charge >= 0.3 is 0 Å². The summed E-state index contributed by atoms with van der Waals surface area (Å²) in [7, 11) is -3.18. The Hall–Kier alpha value is -1.01. The van der Waals surface area contributed by atoms with Crippen molar-refractivity contribution in [1.82, 2.24) is 4.31 Å². The van der Waals surface area contributed by atoms with Crippen molar-refractivity contribution in [3.8, 4) is 0 Å². The summed E-state index contributed by atoms with van der Waals surface area (Å²) in [5, 5.41) is 0.636. The van der Waals surface area contributed by atoms with Gasteiger partial charge in [0, 0.05) is 5.75 Å². The molecule has 2 rings (SSSR count). The smallest absolute Gasteiger partial charge is 0.236 e. The lowest BCUT2D eigenvalue weighted by molar-refractivity contribution is 0.539. The summed E-state index contributed by atoms with van der Waals surface area (Å²) in [4.78, 5) is 4.31. The predicted octanol–water partition coefficient (Wildman–Crippen LogP) is 2.33. The summed E-state index contributed by atoms with van der Waals surface area (Å²) in [6.45, 7) is 2.93. The maximum Gasteiger partial charge on any atom is 0.236 e. The van der Waals surface area contributed by atoms with Gasteiger partial charge in [0.2, 0.25) is 10.0 Å². The van der Waals surface area contributed by atoms with Crippen LogP contribution in [-0.4, -0.2) is 36.7 Å². The second kappa shape index (κ2) is 6.43. The molecule has 0 amide bonds. The average molecular weight is 298 g/mol. The summed E-state index contributed by atoms with van der Waals surface area (Å²) in [5.74, 6) is 0.940. The maximum atomic E-state index is 12.1. The SMILES string of the molecule is CCCS(=O)(=O)N1CCN=C1SCc1ccccc1. The van der Waals surface area contributed by atoms with Gasteiger partial charge in [0.15, 0.2) is 5.17 Å². The zero-order chi connectivity index (χ0) is 13.7. The van der Waals surface area contributed by atoms with Gasteiger partial charge in [-0.15, -0.1) is 0 Å². The van der Waals surface area contributed by atoms with Gasteiger partial charge in [0.25, 0.3) is 0 Å². The molecule has 1 aromatic rings. The van der Waals surface area contributed by atoms with E-state index in [1.807, 2.05) is 37.3 Å². The van der Waals surface area contributed by atoms with E-state index in [2.05, 4.69) is 4.99 Å². The number of amidine groups is 1. The maximum absolute atomic E-state index is 12.1. The lowest BCUT2D eigenvalue weighted by atomic mass is 10.2. The Bertz CT molecular complexity index is 541. The molecule has 19 heavy (non-hydrogen) atoms. The van der Waals surface area contributed by atoms with Crippen molar-refractivity contribution < 1.29 is 8.42 Å². The fraction of sp³-hybridized carbons (Fsp3) is 0.462. The molecule has 0 atom stereocenters. The highest BCUT2D eigenvalue weighted by molar-refractivity contribution is 8.14. The summed E-state index contributed by atoms with van der Waals surface area (Å²) in [6, 6.07) is 10.0. The molecule has 6 heteroatoms. The van der Waals surface area contributed by atoms with Crippen molar-refractivity contribution in [3.63, 3.8) is 0 Å². The van der Waals surface area contributed by atoms with Crippen LogP contribution in [0, 0.1) is 0 Å². The molecule has 0 fully saturated rings. The fourth-order valence-corrected chi connectivity index (χ4v) is 4.67. The Labute approximate surface area is 119 Å². The Balaban J connectivity index is 2.00. The van der Waals surface area contributed by atoms with Crippen LogP contribution in [0.1, 0.15) is 18.9 Å². The van der Waals surface area contributed by atoms with Crippen molar-refractivity contribution >= 4 is 27.0 Å². The number of benzene rings is 1. The van der Waals surface area contributed by atoms with Crippen LogP contribution in [0.5, 0.6) is 0 Å². The third-order valence-corrected chi connectivity index (χ3v) is 5.92. The van der Waals surface area contributed by atoms with E-state index in [9.17, 15) is 8.42 Å². The molecule has 1 aromatic carbocycles. The minimum Gasteiger partial charge on any atom is -0.260 e. The van der Waals surface area contributed by atoms with Gasteiger partial charge in [-0.05, 0) is 12.0 Å². The Morgan fingerprint density at radius 3 is 2.74 bits per heavy atom. The second-order valence-electron chi connectivity index (χ2n) is 4.33. The monoisotopic (exact) mass is 298 g/mol. The van der Waals surface area contributed by atoms with Gasteiger partial charge < -0.3 is 0 Å². The lowest BCUT2D eigenvalue weighted by Crippen LogP contribution is -2.34. The molecule has 104 valence electrons. The van der Waals surface area contributed by atoms with Crippen LogP contribution >= 0.6 is 11.8 Å². The molecule has 1 heterocycles. The van der Waals surface area contributed by atoms with Crippen molar-refractivity contribution in [2.75, 3.05) is 18.8 Å². The van der Waals surface area contributed by atoms with E-state index in [0.717, 1.165) is 5.75 Å². The highest BCUT2D eigenvalue weighted by Crippen LogP contribution is 2.22. The first kappa shape index (κ1) is 14.4. The van der Waals surface area contributed by atoms with Crippen molar-refractivity contribution in [2.45, 2.75) is 19.1 Å². The zero-order valence-corrected chi connectivity index (χ0v) is 12.6. The van der Waals surface area contributed by atoms with Crippen LogP contribution in [0.4, 0.5) is 0 Å². The molecule has 0 bridgehead atoms. The lowest BCUT2D eigenvalue weighted by Gasteiger charge is -2.19. The van der Waals surface area contributed by atoms with E-state index in [0.29, 0.717) is 24.7 Å². The van der Waals surface area contributed by atoms with Crippen molar-refractivity contribution in [2.24, 2.45) is 4.99 Å². The molecule has 0 aliphatic carbocycles. The topological polar surface area (TPSA) is 49.7 Å². The van der Waals surface area contributed by atoms with Gasteiger partial charge in [-0.1, -0.05) is 49.0 Å². The normalized spacial score (nSPS) is 15.6. The van der Waals surface area contributed by atoms with Gasteiger partial charge in [0.1, 0.15) is 0 Å². The van der Waals surface area contributed by atoms with Crippen LogP contribution in [0.15, 0.2) is 35.3 Å². The van der Waals surface area contributed by atoms with Crippen LogP contribution in [0.2, 0.25) is 0 Å². The molecule has 0 aromatic heterocycles. The van der Waals surface area contributed by atoms with Crippen LogP contribution < -0.4 is 0 Å². The fourth-order valence-electron chi connectivity index (χ4n) is 1.88. The number of sulfonamides is 1. The predicted molar refractivity (Wildman–Crippen MR) is 80.8 cm³/mol. The van der Waals surface area contributed by atoms with E-state index >= 15 is 0 Å². The number of thioether (sulfide) groups is 1. The molecular formula is C13H18N2O2S2. The largest absolute Gasteiger partial charge is 0.260 e. The number of nitrogens with zero attached hydrogens (tertiary/aromatic N) is 2. The van der Waals surface area contributed by atoms with E-state index in [1.54, 1.807) is 0 Å².